The number of amides is 4. The number of benzene rings is 5. The van der Waals surface area contributed by atoms with Gasteiger partial charge in [0, 0.05) is 11.4 Å². The molecule has 0 aliphatic heterocycles. The Balaban J connectivity index is 1.26. The van der Waals surface area contributed by atoms with E-state index in [0.29, 0.717) is 11.4 Å². The number of carbonyl (C=O) groups is 6. The van der Waals surface area contributed by atoms with Crippen LogP contribution in [0.25, 0.3) is 0 Å². The minimum absolute atomic E-state index is 0.000396. The van der Waals surface area contributed by atoms with Crippen molar-refractivity contribution in [2.24, 2.45) is 20.5 Å². The normalized spacial score (nSPS) is 13.2. The van der Waals surface area contributed by atoms with Gasteiger partial charge in [-0.15, -0.1) is 23.2 Å². The molecule has 0 aromatic heterocycles. The van der Waals surface area contributed by atoms with Gasteiger partial charge in [0.1, 0.15) is 11.4 Å². The molecule has 0 radical (unpaired) electrons. The summed E-state index contributed by atoms with van der Waals surface area (Å²) in [5.74, 6) is -4.40. The molecule has 0 bridgehead atoms. The molecule has 0 aliphatic rings. The number of carbonyl (C=O) groups excluding carboxylic acids is 6. The Labute approximate surface area is 397 Å². The molecule has 5 aromatic carbocycles. The second-order valence-electron chi connectivity index (χ2n) is 13.9. The third kappa shape index (κ3) is 12.5. The van der Waals surface area contributed by atoms with Crippen molar-refractivity contribution >= 4 is 139 Å². The van der Waals surface area contributed by atoms with Gasteiger partial charge in [0.2, 0.25) is 12.1 Å². The average molecular weight is 986 g/mol. The van der Waals surface area contributed by atoms with Gasteiger partial charge in [-0.1, -0.05) is 82.8 Å². The van der Waals surface area contributed by atoms with E-state index in [4.69, 9.17) is 69.6 Å². The molecule has 4 unspecified atom stereocenters. The molecule has 20 heteroatoms. The van der Waals surface area contributed by atoms with Crippen LogP contribution in [0.5, 0.6) is 0 Å². The van der Waals surface area contributed by atoms with E-state index in [1.54, 1.807) is 50.2 Å². The van der Waals surface area contributed by atoms with Gasteiger partial charge >= 0.3 is 0 Å². The fourth-order valence-electron chi connectivity index (χ4n) is 5.69. The Kier molecular flexibility index (Phi) is 17.1. The Morgan fingerprint density at radius 3 is 1.19 bits per heavy atom. The van der Waals surface area contributed by atoms with E-state index < -0.39 is 47.3 Å². The highest BCUT2D eigenvalue weighted by Gasteiger charge is 2.28. The van der Waals surface area contributed by atoms with Crippen molar-refractivity contribution in [3.05, 3.63) is 139 Å². The largest absolute Gasteiger partial charge is 0.322 e. The van der Waals surface area contributed by atoms with E-state index in [2.05, 4.69) is 41.7 Å². The predicted molar refractivity (Wildman–Crippen MR) is 252 cm³/mol. The summed E-state index contributed by atoms with van der Waals surface area (Å²) in [5, 5.41) is 25.0. The first-order valence-electron chi connectivity index (χ1n) is 19.0. The first-order valence-corrected chi connectivity index (χ1v) is 21.3. The maximum atomic E-state index is 13.3. The fourth-order valence-corrected chi connectivity index (χ4v) is 6.89. The van der Waals surface area contributed by atoms with Gasteiger partial charge in [0.05, 0.1) is 53.3 Å². The number of azo groups is 2. The molecule has 0 heterocycles. The molecule has 14 nitrogen and oxygen atoms in total. The van der Waals surface area contributed by atoms with E-state index in [9.17, 15) is 28.8 Å². The molecule has 64 heavy (non-hydrogen) atoms. The molecule has 4 amide bonds. The summed E-state index contributed by atoms with van der Waals surface area (Å²) >= 11 is 38.4. The SMILES string of the molecule is CC(=O)C(N=Nc1cccc(C(=O)Nc2cccc(C(C)Cl)c2)c1Cl)C(=O)Nc1ccc(NC(=O)C(N=Nc2cccc(C(=O)Nc3cccc(C(C)Cl)c3)c2Cl)C(C)=O)c(Cl)c1Cl. The number of alkyl halides is 2. The average Bonchev–Trinajstić information content (AvgIpc) is 3.24. The summed E-state index contributed by atoms with van der Waals surface area (Å²) in [7, 11) is 0. The summed E-state index contributed by atoms with van der Waals surface area (Å²) < 4.78 is 0. The third-order valence-electron chi connectivity index (χ3n) is 9.08. The van der Waals surface area contributed by atoms with Crippen LogP contribution in [0, 0.1) is 0 Å². The number of hydrogen-bond donors (Lipinski definition) is 4. The second-order valence-corrected chi connectivity index (χ2v) is 16.7. The van der Waals surface area contributed by atoms with Crippen molar-refractivity contribution in [1.29, 1.82) is 0 Å². The second kappa shape index (κ2) is 22.2. The van der Waals surface area contributed by atoms with Gasteiger partial charge in [-0.05, 0) is 99.5 Å². The van der Waals surface area contributed by atoms with E-state index in [-0.39, 0.29) is 64.7 Å². The molecule has 0 spiro atoms. The molecular weight excluding hydrogens is 949 g/mol. The van der Waals surface area contributed by atoms with Crippen LogP contribution in [-0.4, -0.2) is 47.3 Å². The molecule has 4 atom stereocenters. The Morgan fingerprint density at radius 2 is 0.844 bits per heavy atom. The van der Waals surface area contributed by atoms with Crippen LogP contribution in [0.15, 0.2) is 118 Å². The lowest BCUT2D eigenvalue weighted by Gasteiger charge is -2.15. The molecule has 330 valence electrons. The number of Topliss-reactive ketones (excluding diaryl/α,β-unsaturated/α-hetero) is 2. The number of halogens is 6. The van der Waals surface area contributed by atoms with Crippen LogP contribution in [-0.2, 0) is 19.2 Å². The van der Waals surface area contributed by atoms with Gasteiger partial charge in [-0.25, -0.2) is 0 Å². The molecule has 5 aromatic rings. The Bertz CT molecular complexity index is 2530. The number of nitrogens with one attached hydrogen (secondary N) is 4. The van der Waals surface area contributed by atoms with Crippen LogP contribution < -0.4 is 21.3 Å². The monoisotopic (exact) mass is 982 g/mol. The molecule has 0 fully saturated rings. The third-order valence-corrected chi connectivity index (χ3v) is 11.3. The van der Waals surface area contributed by atoms with Crippen molar-refractivity contribution in [2.45, 2.75) is 50.5 Å². The van der Waals surface area contributed by atoms with E-state index in [1.165, 1.54) is 48.5 Å². The molecule has 0 saturated heterocycles. The lowest BCUT2D eigenvalue weighted by molar-refractivity contribution is -0.127. The lowest BCUT2D eigenvalue weighted by atomic mass is 10.1. The topological polar surface area (TPSA) is 200 Å². The first kappa shape index (κ1) is 49.3. The number of nitrogens with zero attached hydrogens (tertiary/aromatic N) is 4. The molecule has 4 N–H and O–H groups in total. The Morgan fingerprint density at radius 1 is 0.484 bits per heavy atom. The number of rotatable bonds is 16. The number of hydrogen-bond acceptors (Lipinski definition) is 10. The van der Waals surface area contributed by atoms with Gasteiger partial charge in [0.15, 0.2) is 11.6 Å². The highest BCUT2D eigenvalue weighted by Crippen LogP contribution is 2.37. The van der Waals surface area contributed by atoms with Crippen LogP contribution in [0.4, 0.5) is 34.1 Å². The zero-order chi connectivity index (χ0) is 46.8. The number of anilines is 4. The maximum Gasteiger partial charge on any atom is 0.258 e. The zero-order valence-corrected chi connectivity index (χ0v) is 38.6. The quantitative estimate of drug-likeness (QED) is 0.0430. The highest BCUT2D eigenvalue weighted by atomic mass is 35.5. The summed E-state index contributed by atoms with van der Waals surface area (Å²) in [4.78, 5) is 78.1. The van der Waals surface area contributed by atoms with Gasteiger partial charge in [-0.2, -0.15) is 20.5 Å². The van der Waals surface area contributed by atoms with E-state index in [0.717, 1.165) is 25.0 Å². The fraction of sp³-hybridized carbons (Fsp3) is 0.182. The van der Waals surface area contributed by atoms with Gasteiger partial charge < -0.3 is 21.3 Å². The predicted octanol–water partition coefficient (Wildman–Crippen LogP) is 12.8. The van der Waals surface area contributed by atoms with Gasteiger partial charge in [-0.3, -0.25) is 28.8 Å². The molecular formula is C44H36Cl6N8O6. The summed E-state index contributed by atoms with van der Waals surface area (Å²) in [6.07, 6.45) is 0. The van der Waals surface area contributed by atoms with Crippen molar-refractivity contribution < 1.29 is 28.8 Å². The van der Waals surface area contributed by atoms with Gasteiger partial charge in [0.25, 0.3) is 23.6 Å². The smallest absolute Gasteiger partial charge is 0.258 e. The summed E-state index contributed by atoms with van der Waals surface area (Å²) in [6.45, 7) is 5.83. The molecule has 0 aliphatic carbocycles. The maximum absolute atomic E-state index is 13.3. The van der Waals surface area contributed by atoms with Crippen LogP contribution in [0.1, 0.15) is 70.3 Å². The van der Waals surface area contributed by atoms with E-state index >= 15 is 0 Å². The summed E-state index contributed by atoms with van der Waals surface area (Å²) in [5.41, 5.74) is 2.52. The minimum atomic E-state index is -1.69. The van der Waals surface area contributed by atoms with Crippen molar-refractivity contribution in [3.63, 3.8) is 0 Å². The van der Waals surface area contributed by atoms with Crippen molar-refractivity contribution in [3.8, 4) is 0 Å². The molecule has 5 rings (SSSR count). The zero-order valence-electron chi connectivity index (χ0n) is 34.1. The van der Waals surface area contributed by atoms with Crippen molar-refractivity contribution in [1.82, 2.24) is 0 Å². The minimum Gasteiger partial charge on any atom is -0.322 e. The van der Waals surface area contributed by atoms with Crippen LogP contribution in [0.3, 0.4) is 0 Å². The number of ketones is 2. The Hall–Kier alpha value is -5.74. The van der Waals surface area contributed by atoms with Crippen LogP contribution >= 0.6 is 69.6 Å². The highest BCUT2D eigenvalue weighted by molar-refractivity contribution is 6.46. The standard InChI is InChI=1S/C44H36Cl6N8O6/c1-21(45)25-9-5-11-27(19-25)51-41(61)29-13-7-15-33(35(29)47)55-57-39(23(3)59)43(63)53-31-17-18-32(38(50)37(31)49)54-44(64)40(24(4)60)58-56-34-16-8-14-30(36(34)48)42(62)52-28-12-6-10-26(20-28)22(2)46/h5-22,39-40H,1-4H3,(H,51,61)(H,52,62)(H,53,63)(H,54,64). The molecule has 0 saturated carbocycles. The van der Waals surface area contributed by atoms with E-state index in [1.807, 2.05) is 12.1 Å². The van der Waals surface area contributed by atoms with Crippen molar-refractivity contribution in [2.75, 3.05) is 21.3 Å². The lowest BCUT2D eigenvalue weighted by Crippen LogP contribution is -2.32. The summed E-state index contributed by atoms with van der Waals surface area (Å²) in [6, 6.07) is 21.9. The van der Waals surface area contributed by atoms with Crippen LogP contribution in [0.2, 0.25) is 20.1 Å². The first-order chi connectivity index (χ1) is 30.4.